The maximum atomic E-state index is 13.1. The Morgan fingerprint density at radius 3 is 2.06 bits per heavy atom. The highest BCUT2D eigenvalue weighted by Gasteiger charge is 2.26. The highest BCUT2D eigenvalue weighted by molar-refractivity contribution is 5.99. The van der Waals surface area contributed by atoms with E-state index in [1.165, 1.54) is 13.8 Å². The normalized spacial score (nSPS) is 11.9. The summed E-state index contributed by atoms with van der Waals surface area (Å²) in [4.78, 5) is 36.4. The second kappa shape index (κ2) is 9.89. The molecule has 0 spiro atoms. The molecule has 0 aromatic heterocycles. The van der Waals surface area contributed by atoms with Crippen molar-refractivity contribution in [3.63, 3.8) is 0 Å². The fourth-order valence-corrected chi connectivity index (χ4v) is 4.34. The lowest BCUT2D eigenvalue weighted by atomic mass is 9.89. The molecular weight excluding hydrogens is 424 g/mol. The van der Waals surface area contributed by atoms with Gasteiger partial charge in [-0.15, -0.1) is 0 Å². The Morgan fingerprint density at radius 2 is 1.47 bits per heavy atom. The molecule has 0 fully saturated rings. The van der Waals surface area contributed by atoms with Gasteiger partial charge in [0.2, 0.25) is 0 Å². The molecule has 4 rings (SSSR count). The summed E-state index contributed by atoms with van der Waals surface area (Å²) >= 11 is 0. The molecule has 1 aliphatic carbocycles. The van der Waals surface area contributed by atoms with Crippen molar-refractivity contribution in [2.24, 2.45) is 0 Å². The number of ketones is 2. The summed E-state index contributed by atoms with van der Waals surface area (Å²) < 4.78 is 5.44. The first-order chi connectivity index (χ1) is 16.4. The van der Waals surface area contributed by atoms with Gasteiger partial charge in [-0.05, 0) is 80.5 Å². The number of carbonyl (C=O) groups excluding carboxylic acids is 3. The van der Waals surface area contributed by atoms with Gasteiger partial charge in [-0.3, -0.25) is 9.59 Å². The minimum atomic E-state index is -0.362. The zero-order chi connectivity index (χ0) is 24.2. The molecule has 0 atom stereocenters. The number of hydrogen-bond donors (Lipinski definition) is 0. The molecule has 0 unspecified atom stereocenters. The SMILES string of the molecule is CCOC(=O)c1c(C#Cc2ccc(C(C)=O)cc2)c(-c2ccc(C(C)=O)cc2)cc2c1CCC2. The van der Waals surface area contributed by atoms with Crippen LogP contribution < -0.4 is 0 Å². The summed E-state index contributed by atoms with van der Waals surface area (Å²) in [5.41, 5.74) is 7.08. The van der Waals surface area contributed by atoms with Gasteiger partial charge in [0.25, 0.3) is 0 Å². The van der Waals surface area contributed by atoms with Crippen LogP contribution >= 0.6 is 0 Å². The largest absolute Gasteiger partial charge is 0.462 e. The van der Waals surface area contributed by atoms with Crippen molar-refractivity contribution in [3.05, 3.63) is 93.5 Å². The first kappa shape index (κ1) is 23.2. The van der Waals surface area contributed by atoms with E-state index in [2.05, 4.69) is 17.9 Å². The number of ether oxygens (including phenoxy) is 1. The molecule has 0 saturated heterocycles. The second-order valence-corrected chi connectivity index (χ2v) is 8.40. The Hall–Kier alpha value is -3.97. The van der Waals surface area contributed by atoms with E-state index in [1.807, 2.05) is 24.3 Å². The third-order valence-electron chi connectivity index (χ3n) is 6.11. The zero-order valence-electron chi connectivity index (χ0n) is 19.7. The molecular formula is C30H26O4. The molecule has 0 amide bonds. The summed E-state index contributed by atoms with van der Waals surface area (Å²) in [7, 11) is 0. The van der Waals surface area contributed by atoms with Crippen molar-refractivity contribution >= 4 is 17.5 Å². The molecule has 170 valence electrons. The molecule has 4 nitrogen and oxygen atoms in total. The fourth-order valence-electron chi connectivity index (χ4n) is 4.34. The molecule has 0 saturated carbocycles. The van der Waals surface area contributed by atoms with Crippen molar-refractivity contribution in [2.45, 2.75) is 40.0 Å². The number of fused-ring (bicyclic) bond motifs is 1. The van der Waals surface area contributed by atoms with Crippen molar-refractivity contribution in [3.8, 4) is 23.0 Å². The maximum Gasteiger partial charge on any atom is 0.339 e. The zero-order valence-corrected chi connectivity index (χ0v) is 19.7. The molecule has 0 heterocycles. The standard InChI is InChI=1S/C30H26O4/c1-4-34-30(33)29-26-7-5-6-25(26)18-28(24-15-13-23(14-16-24)20(3)32)27(29)17-10-21-8-11-22(12-9-21)19(2)31/h8-9,11-16,18H,4-7H2,1-3H3. The van der Waals surface area contributed by atoms with Gasteiger partial charge in [0, 0.05) is 22.3 Å². The van der Waals surface area contributed by atoms with Crippen LogP contribution in [0.1, 0.15) is 80.5 Å². The first-order valence-electron chi connectivity index (χ1n) is 11.5. The lowest BCUT2D eigenvalue weighted by molar-refractivity contribution is 0.0524. The molecule has 34 heavy (non-hydrogen) atoms. The van der Waals surface area contributed by atoms with Crippen LogP contribution in [-0.2, 0) is 17.6 Å². The van der Waals surface area contributed by atoms with E-state index in [-0.39, 0.29) is 24.1 Å². The number of carbonyl (C=O) groups is 3. The Kier molecular flexibility index (Phi) is 6.75. The van der Waals surface area contributed by atoms with Crippen molar-refractivity contribution in [1.29, 1.82) is 0 Å². The van der Waals surface area contributed by atoms with Crippen LogP contribution in [-0.4, -0.2) is 24.1 Å². The van der Waals surface area contributed by atoms with Gasteiger partial charge in [-0.2, -0.15) is 0 Å². The smallest absolute Gasteiger partial charge is 0.339 e. The number of hydrogen-bond acceptors (Lipinski definition) is 4. The molecule has 0 N–H and O–H groups in total. The van der Waals surface area contributed by atoms with E-state index < -0.39 is 0 Å². The van der Waals surface area contributed by atoms with Gasteiger partial charge in [-0.25, -0.2) is 4.79 Å². The summed E-state index contributed by atoms with van der Waals surface area (Å²) in [5.74, 6) is 6.06. The monoisotopic (exact) mass is 450 g/mol. The van der Waals surface area contributed by atoms with Crippen molar-refractivity contribution < 1.29 is 19.1 Å². The Balaban J connectivity index is 1.91. The highest BCUT2D eigenvalue weighted by atomic mass is 16.5. The molecule has 3 aromatic rings. The van der Waals surface area contributed by atoms with Gasteiger partial charge in [0.05, 0.1) is 12.2 Å². The van der Waals surface area contributed by atoms with E-state index in [0.717, 1.165) is 47.1 Å². The van der Waals surface area contributed by atoms with Crippen LogP contribution in [0.2, 0.25) is 0 Å². The van der Waals surface area contributed by atoms with Crippen LogP contribution in [0.25, 0.3) is 11.1 Å². The van der Waals surface area contributed by atoms with Crippen LogP contribution in [0.5, 0.6) is 0 Å². The van der Waals surface area contributed by atoms with Crippen LogP contribution in [0, 0.1) is 11.8 Å². The Labute approximate surface area is 200 Å². The maximum absolute atomic E-state index is 13.1. The third kappa shape index (κ3) is 4.70. The molecule has 0 aliphatic heterocycles. The van der Waals surface area contributed by atoms with Gasteiger partial charge < -0.3 is 4.74 Å². The number of Topliss-reactive ketones (excluding diaryl/α,β-unsaturated/α-hetero) is 2. The predicted molar refractivity (Wildman–Crippen MR) is 132 cm³/mol. The molecule has 0 bridgehead atoms. The second-order valence-electron chi connectivity index (χ2n) is 8.40. The van der Waals surface area contributed by atoms with E-state index in [4.69, 9.17) is 4.74 Å². The van der Waals surface area contributed by atoms with Crippen molar-refractivity contribution in [1.82, 2.24) is 0 Å². The third-order valence-corrected chi connectivity index (χ3v) is 6.11. The lowest BCUT2D eigenvalue weighted by Crippen LogP contribution is -2.12. The number of esters is 1. The lowest BCUT2D eigenvalue weighted by Gasteiger charge is -2.16. The molecule has 0 radical (unpaired) electrons. The Morgan fingerprint density at radius 1 is 0.853 bits per heavy atom. The van der Waals surface area contributed by atoms with Gasteiger partial charge in [-0.1, -0.05) is 48.2 Å². The fraction of sp³-hybridized carbons (Fsp3) is 0.233. The van der Waals surface area contributed by atoms with Crippen molar-refractivity contribution in [2.75, 3.05) is 6.61 Å². The van der Waals surface area contributed by atoms with E-state index in [0.29, 0.717) is 22.3 Å². The minimum absolute atomic E-state index is 0.000905. The van der Waals surface area contributed by atoms with E-state index in [9.17, 15) is 14.4 Å². The first-order valence-corrected chi connectivity index (χ1v) is 11.5. The molecule has 4 heteroatoms. The van der Waals surface area contributed by atoms with Gasteiger partial charge in [0.15, 0.2) is 11.6 Å². The summed E-state index contributed by atoms with van der Waals surface area (Å²) in [6.07, 6.45) is 2.70. The van der Waals surface area contributed by atoms with Gasteiger partial charge >= 0.3 is 5.97 Å². The average molecular weight is 451 g/mol. The molecule has 3 aromatic carbocycles. The van der Waals surface area contributed by atoms with E-state index >= 15 is 0 Å². The van der Waals surface area contributed by atoms with E-state index in [1.54, 1.807) is 31.2 Å². The topological polar surface area (TPSA) is 60.4 Å². The quantitative estimate of drug-likeness (QED) is 0.279. The summed E-state index contributed by atoms with van der Waals surface area (Å²) in [6.45, 7) is 5.15. The summed E-state index contributed by atoms with van der Waals surface area (Å²) in [6, 6.07) is 16.6. The predicted octanol–water partition coefficient (Wildman–Crippen LogP) is 5.82. The van der Waals surface area contributed by atoms with Crippen LogP contribution in [0.3, 0.4) is 0 Å². The van der Waals surface area contributed by atoms with Gasteiger partial charge in [0.1, 0.15) is 0 Å². The number of rotatable bonds is 5. The average Bonchev–Trinajstić information content (AvgIpc) is 3.30. The highest BCUT2D eigenvalue weighted by Crippen LogP contribution is 2.36. The summed E-state index contributed by atoms with van der Waals surface area (Å²) in [5, 5.41) is 0. The van der Waals surface area contributed by atoms with Crippen LogP contribution in [0.4, 0.5) is 0 Å². The Bertz CT molecular complexity index is 1330. The van der Waals surface area contributed by atoms with Crippen LogP contribution in [0.15, 0.2) is 54.6 Å². The number of benzene rings is 3. The number of aryl methyl sites for hydroxylation is 1. The minimum Gasteiger partial charge on any atom is -0.462 e. The molecule has 1 aliphatic rings.